The second kappa shape index (κ2) is 41.4. The molecule has 0 aromatic carbocycles. The number of allylic oxidation sites excluding steroid dienone is 13. The molecule has 1 heterocycles. The molecule has 0 aliphatic carbocycles. The maximum atomic E-state index is 13.0. The summed E-state index contributed by atoms with van der Waals surface area (Å²) in [6.45, 7) is 3.61. The largest absolute Gasteiger partial charge is 0.394 e. The number of unbranched alkanes of at least 4 members (excludes halogenated alkanes) is 17. The van der Waals surface area contributed by atoms with Crippen LogP contribution in [0.2, 0.25) is 0 Å². The molecule has 7 atom stereocenters. The molecule has 0 saturated carbocycles. The van der Waals surface area contributed by atoms with Crippen LogP contribution in [0.15, 0.2) is 85.1 Å². The molecule has 9 heteroatoms. The molecule has 1 amide bonds. The highest BCUT2D eigenvalue weighted by Crippen LogP contribution is 2.22. The molecule has 0 spiro atoms. The third-order valence-electron chi connectivity index (χ3n) is 11.0. The maximum Gasteiger partial charge on any atom is 0.220 e. The van der Waals surface area contributed by atoms with Gasteiger partial charge >= 0.3 is 0 Å². The van der Waals surface area contributed by atoms with Gasteiger partial charge in [-0.1, -0.05) is 182 Å². The van der Waals surface area contributed by atoms with Crippen LogP contribution in [0.5, 0.6) is 0 Å². The van der Waals surface area contributed by atoms with Gasteiger partial charge in [0.2, 0.25) is 5.91 Å². The summed E-state index contributed by atoms with van der Waals surface area (Å²) in [6.07, 6.45) is 50.6. The Kier molecular flexibility index (Phi) is 38.3. The average molecular weight is 856 g/mol. The fourth-order valence-electron chi connectivity index (χ4n) is 7.08. The predicted molar refractivity (Wildman–Crippen MR) is 253 cm³/mol. The number of amides is 1. The molecule has 1 aliphatic rings. The molecule has 1 aliphatic heterocycles. The van der Waals surface area contributed by atoms with Crippen molar-refractivity contribution in [3.8, 4) is 0 Å². The van der Waals surface area contributed by atoms with E-state index in [4.69, 9.17) is 9.47 Å². The lowest BCUT2D eigenvalue weighted by Crippen LogP contribution is -2.60. The quantitative estimate of drug-likeness (QED) is 0.0264. The van der Waals surface area contributed by atoms with Crippen LogP contribution < -0.4 is 5.32 Å². The molecule has 9 nitrogen and oxygen atoms in total. The minimum absolute atomic E-state index is 0.198. The van der Waals surface area contributed by atoms with E-state index in [9.17, 15) is 30.3 Å². The Morgan fingerprint density at radius 2 is 1.03 bits per heavy atom. The summed E-state index contributed by atoms with van der Waals surface area (Å²) in [6, 6.07) is -0.829. The maximum absolute atomic E-state index is 13.0. The van der Waals surface area contributed by atoms with Gasteiger partial charge in [-0.05, 0) is 77.0 Å². The van der Waals surface area contributed by atoms with E-state index in [2.05, 4.69) is 92.1 Å². The Morgan fingerprint density at radius 3 is 1.57 bits per heavy atom. The Balaban J connectivity index is 2.30. The van der Waals surface area contributed by atoms with Gasteiger partial charge in [0.25, 0.3) is 0 Å². The summed E-state index contributed by atoms with van der Waals surface area (Å²) in [5.41, 5.74) is 0. The highest BCUT2D eigenvalue weighted by molar-refractivity contribution is 5.76. The molecule has 0 bridgehead atoms. The van der Waals surface area contributed by atoms with E-state index in [-0.39, 0.29) is 12.5 Å². The molecule has 0 aromatic rings. The molecule has 1 fully saturated rings. The zero-order chi connectivity index (χ0) is 44.4. The van der Waals surface area contributed by atoms with Gasteiger partial charge in [0.15, 0.2) is 6.29 Å². The number of hydrogen-bond donors (Lipinski definition) is 6. The van der Waals surface area contributed by atoms with Crippen molar-refractivity contribution in [3.05, 3.63) is 85.1 Å². The third-order valence-corrected chi connectivity index (χ3v) is 11.0. The van der Waals surface area contributed by atoms with E-state index in [0.29, 0.717) is 6.42 Å². The topological polar surface area (TPSA) is 149 Å². The third kappa shape index (κ3) is 31.8. The highest BCUT2D eigenvalue weighted by atomic mass is 16.7. The number of aliphatic hydroxyl groups excluding tert-OH is 5. The van der Waals surface area contributed by atoms with Crippen molar-refractivity contribution >= 4 is 5.91 Å². The van der Waals surface area contributed by atoms with Gasteiger partial charge in [-0.3, -0.25) is 4.79 Å². The normalized spacial score (nSPS) is 21.2. The van der Waals surface area contributed by atoms with Gasteiger partial charge in [-0.15, -0.1) is 0 Å². The van der Waals surface area contributed by atoms with E-state index in [1.165, 1.54) is 77.0 Å². The van der Waals surface area contributed by atoms with Gasteiger partial charge in [-0.25, -0.2) is 0 Å². The van der Waals surface area contributed by atoms with Crippen molar-refractivity contribution < 1.29 is 39.8 Å². The lowest BCUT2D eigenvalue weighted by molar-refractivity contribution is -0.302. The molecule has 7 unspecified atom stereocenters. The summed E-state index contributed by atoms with van der Waals surface area (Å²) < 4.78 is 11.2. The summed E-state index contributed by atoms with van der Waals surface area (Å²) in [5.74, 6) is -0.198. The molecule has 1 saturated heterocycles. The second-order valence-electron chi connectivity index (χ2n) is 16.5. The number of hydrogen-bond acceptors (Lipinski definition) is 8. The van der Waals surface area contributed by atoms with E-state index in [1.54, 1.807) is 6.08 Å². The fourth-order valence-corrected chi connectivity index (χ4v) is 7.08. The zero-order valence-corrected chi connectivity index (χ0v) is 38.4. The molecule has 61 heavy (non-hydrogen) atoms. The smallest absolute Gasteiger partial charge is 0.220 e. The van der Waals surface area contributed by atoms with Crippen molar-refractivity contribution in [3.63, 3.8) is 0 Å². The van der Waals surface area contributed by atoms with Crippen molar-refractivity contribution in [2.24, 2.45) is 0 Å². The van der Waals surface area contributed by atoms with Crippen LogP contribution in [0.25, 0.3) is 0 Å². The number of nitrogens with one attached hydrogen (secondary N) is 1. The fraction of sp³-hybridized carbons (Fsp3) is 0.712. The molecular weight excluding hydrogens is 767 g/mol. The lowest BCUT2D eigenvalue weighted by Gasteiger charge is -2.40. The van der Waals surface area contributed by atoms with Crippen molar-refractivity contribution in [2.75, 3.05) is 13.2 Å². The van der Waals surface area contributed by atoms with Crippen LogP contribution in [0.1, 0.15) is 181 Å². The lowest BCUT2D eigenvalue weighted by atomic mass is 9.99. The Morgan fingerprint density at radius 1 is 0.574 bits per heavy atom. The van der Waals surface area contributed by atoms with Crippen molar-refractivity contribution in [2.45, 2.75) is 224 Å². The monoisotopic (exact) mass is 856 g/mol. The summed E-state index contributed by atoms with van der Waals surface area (Å²) in [4.78, 5) is 13.0. The first-order chi connectivity index (χ1) is 29.8. The summed E-state index contributed by atoms with van der Waals surface area (Å²) in [7, 11) is 0. The van der Waals surface area contributed by atoms with Crippen molar-refractivity contribution in [1.29, 1.82) is 0 Å². The van der Waals surface area contributed by atoms with Crippen LogP contribution in [0, 0.1) is 0 Å². The van der Waals surface area contributed by atoms with Crippen LogP contribution in [-0.4, -0.2) is 87.5 Å². The Labute approximate surface area is 371 Å². The molecule has 6 N–H and O–H groups in total. The van der Waals surface area contributed by atoms with Gasteiger partial charge in [0, 0.05) is 6.42 Å². The van der Waals surface area contributed by atoms with Gasteiger partial charge < -0.3 is 40.3 Å². The minimum atomic E-state index is -1.58. The van der Waals surface area contributed by atoms with E-state index in [1.807, 2.05) is 6.08 Å². The second-order valence-corrected chi connectivity index (χ2v) is 16.5. The Hall–Kier alpha value is -2.63. The number of aliphatic hydroxyl groups is 5. The number of ether oxygens (including phenoxy) is 2. The molecule has 350 valence electrons. The first kappa shape index (κ1) is 56.4. The van der Waals surface area contributed by atoms with Crippen LogP contribution in [0.3, 0.4) is 0 Å². The summed E-state index contributed by atoms with van der Waals surface area (Å²) >= 11 is 0. The van der Waals surface area contributed by atoms with E-state index in [0.717, 1.165) is 83.5 Å². The van der Waals surface area contributed by atoms with Crippen LogP contribution >= 0.6 is 0 Å². The number of carbonyl (C=O) groups is 1. The van der Waals surface area contributed by atoms with Gasteiger partial charge in [0.1, 0.15) is 24.4 Å². The molecule has 1 rings (SSSR count). The van der Waals surface area contributed by atoms with E-state index >= 15 is 0 Å². The SMILES string of the molecule is CC/C=C\C/C=C\C/C=C\C/C=C\C/C=C\CCCCCCCCCCCC(=O)NC(COC1OC(CO)C(O)C(O)C1O)C(O)/C=C/CC/C=C/CCCCCCCCC. The minimum Gasteiger partial charge on any atom is -0.394 e. The van der Waals surface area contributed by atoms with Crippen LogP contribution in [-0.2, 0) is 14.3 Å². The predicted octanol–water partition coefficient (Wildman–Crippen LogP) is 10.7. The zero-order valence-electron chi connectivity index (χ0n) is 38.4. The van der Waals surface area contributed by atoms with Gasteiger partial charge in [-0.2, -0.15) is 0 Å². The first-order valence-corrected chi connectivity index (χ1v) is 24.3. The Bertz CT molecular complexity index is 1220. The highest BCUT2D eigenvalue weighted by Gasteiger charge is 2.44. The number of rotatable bonds is 39. The first-order valence-electron chi connectivity index (χ1n) is 24.3. The van der Waals surface area contributed by atoms with E-state index < -0.39 is 49.5 Å². The molecule has 0 radical (unpaired) electrons. The summed E-state index contributed by atoms with van der Waals surface area (Å²) in [5, 5.41) is 54.2. The number of carbonyl (C=O) groups excluding carboxylic acids is 1. The van der Waals surface area contributed by atoms with Crippen LogP contribution in [0.4, 0.5) is 0 Å². The van der Waals surface area contributed by atoms with Crippen molar-refractivity contribution in [1.82, 2.24) is 5.32 Å². The standard InChI is InChI=1S/C52H89NO8/c1-3-5-7-9-11-13-15-17-18-19-20-21-22-23-24-25-26-27-28-30-32-34-36-38-40-42-48(56)53-45(44-60-52-51(59)50(58)49(57)47(43-54)61-52)46(55)41-39-37-35-33-31-29-16-14-12-10-8-6-4-2/h5,7,11,13,17-18,20-21,23-24,31,33,39,41,45-47,49-52,54-55,57-59H,3-4,6,8-10,12,14-16,19,22,25-30,32,34-38,40,42-44H2,1-2H3,(H,53,56)/b7-5-,13-11-,18-17-,21-20-,24-23-,33-31+,41-39+. The van der Waals surface area contributed by atoms with Gasteiger partial charge in [0.05, 0.1) is 25.4 Å². The average Bonchev–Trinajstić information content (AvgIpc) is 3.26. The molecule has 0 aromatic heterocycles. The molecular formula is C52H89NO8.